The molecule has 0 aliphatic rings. The molecule has 0 spiro atoms. The highest BCUT2D eigenvalue weighted by atomic mass is 127. The monoisotopic (exact) mass is 404 g/mol. The van der Waals surface area contributed by atoms with Crippen LogP contribution in [0.2, 0.25) is 0 Å². The van der Waals surface area contributed by atoms with Crippen LogP contribution in [-0.2, 0) is 0 Å². The van der Waals surface area contributed by atoms with Crippen molar-refractivity contribution in [3.63, 3.8) is 0 Å². The van der Waals surface area contributed by atoms with Gasteiger partial charge in [0.1, 0.15) is 5.82 Å². The van der Waals surface area contributed by atoms with Crippen LogP contribution in [0.25, 0.3) is 11.4 Å². The highest BCUT2D eigenvalue weighted by molar-refractivity contribution is 14.1. The van der Waals surface area contributed by atoms with Crippen molar-refractivity contribution in [2.24, 2.45) is 0 Å². The van der Waals surface area contributed by atoms with Gasteiger partial charge >= 0.3 is 0 Å². The topological polar surface area (TPSA) is 45.8 Å². The van der Waals surface area contributed by atoms with Crippen molar-refractivity contribution in [3.8, 4) is 11.4 Å². The molecule has 17 heavy (non-hydrogen) atoms. The SMILES string of the molecule is Cc1cc(Br)ccc1-c1nc(C)c(I)c(=O)[nH]1. The number of hydrogen-bond acceptors (Lipinski definition) is 2. The Balaban J connectivity index is 2.65. The second-order valence-electron chi connectivity index (χ2n) is 3.77. The van der Waals surface area contributed by atoms with Gasteiger partial charge in [0.15, 0.2) is 0 Å². The molecule has 0 radical (unpaired) electrons. The van der Waals surface area contributed by atoms with Crippen LogP contribution in [0.5, 0.6) is 0 Å². The lowest BCUT2D eigenvalue weighted by Crippen LogP contribution is -2.14. The minimum atomic E-state index is -0.0876. The molecule has 1 N–H and O–H groups in total. The fourth-order valence-electron chi connectivity index (χ4n) is 1.59. The summed E-state index contributed by atoms with van der Waals surface area (Å²) < 4.78 is 1.66. The Morgan fingerprint density at radius 1 is 1.35 bits per heavy atom. The lowest BCUT2D eigenvalue weighted by Gasteiger charge is -2.07. The zero-order valence-electron chi connectivity index (χ0n) is 9.34. The Morgan fingerprint density at radius 3 is 2.65 bits per heavy atom. The van der Waals surface area contributed by atoms with E-state index in [1.54, 1.807) is 0 Å². The van der Waals surface area contributed by atoms with Crippen molar-refractivity contribution in [3.05, 3.63) is 47.9 Å². The third-order valence-corrected chi connectivity index (χ3v) is 4.24. The Kier molecular flexibility index (Phi) is 3.67. The Hall–Kier alpha value is -0.690. The first kappa shape index (κ1) is 12.8. The maximum Gasteiger partial charge on any atom is 0.264 e. The van der Waals surface area contributed by atoms with Gasteiger partial charge in [-0.25, -0.2) is 4.98 Å². The molecule has 2 aromatic rings. The van der Waals surface area contributed by atoms with Gasteiger partial charge in [0.25, 0.3) is 5.56 Å². The first-order valence-corrected chi connectivity index (χ1v) is 6.89. The molecule has 0 aliphatic heterocycles. The maximum atomic E-state index is 11.7. The number of aryl methyl sites for hydroxylation is 2. The van der Waals surface area contributed by atoms with Gasteiger partial charge in [0.05, 0.1) is 9.26 Å². The van der Waals surface area contributed by atoms with Gasteiger partial charge in [0.2, 0.25) is 0 Å². The molecule has 0 saturated heterocycles. The van der Waals surface area contributed by atoms with Crippen LogP contribution in [0, 0.1) is 17.4 Å². The van der Waals surface area contributed by atoms with E-state index in [4.69, 9.17) is 0 Å². The van der Waals surface area contributed by atoms with Crippen LogP contribution in [0.4, 0.5) is 0 Å². The predicted octanol–water partition coefficient (Wildman–Crippen LogP) is 3.42. The van der Waals surface area contributed by atoms with Crippen molar-refractivity contribution in [2.75, 3.05) is 0 Å². The van der Waals surface area contributed by atoms with Crippen molar-refractivity contribution < 1.29 is 0 Å². The van der Waals surface area contributed by atoms with E-state index in [0.29, 0.717) is 9.39 Å². The number of aromatic amines is 1. The van der Waals surface area contributed by atoms with Crippen LogP contribution in [0.1, 0.15) is 11.3 Å². The van der Waals surface area contributed by atoms with E-state index < -0.39 is 0 Å². The summed E-state index contributed by atoms with van der Waals surface area (Å²) in [5, 5.41) is 0. The van der Waals surface area contributed by atoms with Gasteiger partial charge in [-0.15, -0.1) is 0 Å². The van der Waals surface area contributed by atoms with Crippen molar-refractivity contribution >= 4 is 38.5 Å². The third kappa shape index (κ3) is 2.60. The fourth-order valence-corrected chi connectivity index (χ4v) is 2.32. The zero-order chi connectivity index (χ0) is 12.6. The summed E-state index contributed by atoms with van der Waals surface area (Å²) in [7, 11) is 0. The average molecular weight is 405 g/mol. The van der Waals surface area contributed by atoms with E-state index in [9.17, 15) is 4.79 Å². The van der Waals surface area contributed by atoms with E-state index in [1.165, 1.54) is 0 Å². The molecule has 0 amide bonds. The smallest absolute Gasteiger partial charge is 0.264 e. The molecule has 0 atom stereocenters. The van der Waals surface area contributed by atoms with E-state index in [2.05, 4.69) is 25.9 Å². The molecule has 1 aromatic heterocycles. The average Bonchev–Trinajstić information content (AvgIpc) is 2.25. The lowest BCUT2D eigenvalue weighted by molar-refractivity contribution is 1.05. The van der Waals surface area contributed by atoms with Crippen molar-refractivity contribution in [2.45, 2.75) is 13.8 Å². The molecule has 3 nitrogen and oxygen atoms in total. The standard InChI is InChI=1S/C12H10BrIN2O/c1-6-5-8(13)3-4-9(6)11-15-7(2)10(14)12(17)16-11/h3-5H,1-2H3,(H,15,16,17). The molecule has 0 saturated carbocycles. The van der Waals surface area contributed by atoms with Gasteiger partial charge in [-0.3, -0.25) is 4.79 Å². The van der Waals surface area contributed by atoms with Crippen LogP contribution >= 0.6 is 38.5 Å². The molecule has 1 heterocycles. The van der Waals surface area contributed by atoms with E-state index >= 15 is 0 Å². The molecular weight excluding hydrogens is 395 g/mol. The first-order valence-electron chi connectivity index (χ1n) is 5.02. The second-order valence-corrected chi connectivity index (χ2v) is 5.77. The molecule has 0 fully saturated rings. The number of nitrogens with one attached hydrogen (secondary N) is 1. The number of H-pyrrole nitrogens is 1. The highest BCUT2D eigenvalue weighted by Gasteiger charge is 2.09. The van der Waals surface area contributed by atoms with Crippen LogP contribution in [0.15, 0.2) is 27.5 Å². The van der Waals surface area contributed by atoms with Crippen molar-refractivity contribution in [1.82, 2.24) is 9.97 Å². The molecule has 88 valence electrons. The number of aromatic nitrogens is 2. The predicted molar refractivity (Wildman–Crippen MR) is 80.2 cm³/mol. The summed E-state index contributed by atoms with van der Waals surface area (Å²) >= 11 is 5.42. The largest absolute Gasteiger partial charge is 0.306 e. The molecule has 0 aliphatic carbocycles. The maximum absolute atomic E-state index is 11.7. The Bertz CT molecular complexity index is 637. The minimum absolute atomic E-state index is 0.0876. The van der Waals surface area contributed by atoms with Crippen molar-refractivity contribution in [1.29, 1.82) is 0 Å². The van der Waals surface area contributed by atoms with Gasteiger partial charge in [-0.05, 0) is 60.2 Å². The zero-order valence-corrected chi connectivity index (χ0v) is 13.1. The summed E-state index contributed by atoms with van der Waals surface area (Å²) in [5.41, 5.74) is 2.69. The van der Waals surface area contributed by atoms with Gasteiger partial charge < -0.3 is 4.98 Å². The minimum Gasteiger partial charge on any atom is -0.306 e. The molecule has 1 aromatic carbocycles. The second kappa shape index (κ2) is 4.89. The van der Waals surface area contributed by atoms with Crippen LogP contribution in [0.3, 0.4) is 0 Å². The van der Waals surface area contributed by atoms with E-state index in [-0.39, 0.29) is 5.56 Å². The summed E-state index contributed by atoms with van der Waals surface area (Å²) in [5.74, 6) is 0.623. The summed E-state index contributed by atoms with van der Waals surface area (Å²) in [6.07, 6.45) is 0. The Labute approximate surface area is 121 Å². The van der Waals surface area contributed by atoms with Crippen LogP contribution in [-0.4, -0.2) is 9.97 Å². The lowest BCUT2D eigenvalue weighted by atomic mass is 10.1. The number of benzene rings is 1. The highest BCUT2D eigenvalue weighted by Crippen LogP contribution is 2.23. The molecule has 0 unspecified atom stereocenters. The molecule has 0 bridgehead atoms. The fraction of sp³-hybridized carbons (Fsp3) is 0.167. The van der Waals surface area contributed by atoms with E-state index in [1.807, 2.05) is 54.6 Å². The number of halogens is 2. The third-order valence-electron chi connectivity index (χ3n) is 2.47. The number of nitrogens with zero attached hydrogens (tertiary/aromatic N) is 1. The quantitative estimate of drug-likeness (QED) is 0.740. The summed E-state index contributed by atoms with van der Waals surface area (Å²) in [6.45, 7) is 3.84. The molecular formula is C12H10BrIN2O. The summed E-state index contributed by atoms with van der Waals surface area (Å²) in [4.78, 5) is 18.9. The van der Waals surface area contributed by atoms with Gasteiger partial charge in [0, 0.05) is 10.0 Å². The first-order chi connectivity index (χ1) is 7.99. The van der Waals surface area contributed by atoms with Crippen LogP contribution < -0.4 is 5.56 Å². The Morgan fingerprint density at radius 2 is 2.06 bits per heavy atom. The molecule has 2 rings (SSSR count). The van der Waals surface area contributed by atoms with Gasteiger partial charge in [-0.2, -0.15) is 0 Å². The number of rotatable bonds is 1. The summed E-state index contributed by atoms with van der Waals surface area (Å²) in [6, 6.07) is 5.89. The van der Waals surface area contributed by atoms with Gasteiger partial charge in [-0.1, -0.05) is 15.9 Å². The normalized spacial score (nSPS) is 10.6. The van der Waals surface area contributed by atoms with E-state index in [0.717, 1.165) is 21.3 Å². The molecule has 5 heteroatoms. The number of hydrogen-bond donors (Lipinski definition) is 1.